The second-order valence-electron chi connectivity index (χ2n) is 7.42. The highest BCUT2D eigenvalue weighted by molar-refractivity contribution is 6.37. The smallest absolute Gasteiger partial charge is 0.271 e. The summed E-state index contributed by atoms with van der Waals surface area (Å²) in [5, 5.41) is 16.6. The van der Waals surface area contributed by atoms with Gasteiger partial charge in [0.15, 0.2) is 5.75 Å². The number of carbonyl (C=O) groups is 1. The minimum atomic E-state index is -0.439. The Kier molecular flexibility index (Phi) is 7.93. The van der Waals surface area contributed by atoms with E-state index < -0.39 is 5.91 Å². The molecule has 0 unspecified atom stereocenters. The van der Waals surface area contributed by atoms with Gasteiger partial charge in [-0.2, -0.15) is 5.10 Å². The average molecular weight is 526 g/mol. The Morgan fingerprint density at radius 2 is 1.57 bits per heavy atom. The van der Waals surface area contributed by atoms with E-state index in [0.29, 0.717) is 22.4 Å². The predicted octanol–water partition coefficient (Wildman–Crippen LogP) is 7.36. The topological polar surface area (TPSA) is 70.9 Å². The van der Waals surface area contributed by atoms with Crippen LogP contribution in [0.4, 0.5) is 0 Å². The van der Waals surface area contributed by atoms with Gasteiger partial charge in [-0.25, -0.2) is 5.43 Å². The summed E-state index contributed by atoms with van der Waals surface area (Å²) >= 11 is 18.1. The molecule has 0 aliphatic carbocycles. The van der Waals surface area contributed by atoms with Crippen LogP contribution < -0.4 is 10.2 Å². The Balaban J connectivity index is 1.48. The largest absolute Gasteiger partial charge is 0.506 e. The molecule has 0 aromatic heterocycles. The highest BCUT2D eigenvalue weighted by Gasteiger charge is 2.08. The molecule has 176 valence electrons. The fourth-order valence-electron chi connectivity index (χ4n) is 3.40. The Hall–Kier alpha value is -3.51. The Morgan fingerprint density at radius 3 is 2.29 bits per heavy atom. The molecular formula is C27H19Cl3N2O3. The number of rotatable bonds is 7. The molecule has 35 heavy (non-hydrogen) atoms. The molecule has 5 nitrogen and oxygen atoms in total. The van der Waals surface area contributed by atoms with Crippen molar-refractivity contribution >= 4 is 63.8 Å². The van der Waals surface area contributed by atoms with Gasteiger partial charge in [0.25, 0.3) is 5.91 Å². The summed E-state index contributed by atoms with van der Waals surface area (Å²) in [6.07, 6.45) is 5.43. The zero-order valence-corrected chi connectivity index (χ0v) is 20.5. The lowest BCUT2D eigenvalue weighted by atomic mass is 10.00. The molecule has 0 atom stereocenters. The lowest BCUT2D eigenvalue weighted by Crippen LogP contribution is -2.17. The summed E-state index contributed by atoms with van der Waals surface area (Å²) in [6, 6.07) is 21.2. The minimum absolute atomic E-state index is 0.0912. The molecule has 4 aromatic carbocycles. The van der Waals surface area contributed by atoms with Gasteiger partial charge in [-0.05, 0) is 52.7 Å². The van der Waals surface area contributed by atoms with Crippen LogP contribution in [0.1, 0.15) is 21.5 Å². The van der Waals surface area contributed by atoms with E-state index in [-0.39, 0.29) is 16.3 Å². The quantitative estimate of drug-likeness (QED) is 0.196. The number of phenolic OH excluding ortho intramolecular Hbond substituents is 1. The minimum Gasteiger partial charge on any atom is -0.506 e. The second-order valence-corrected chi connectivity index (χ2v) is 8.64. The maximum absolute atomic E-state index is 12.3. The summed E-state index contributed by atoms with van der Waals surface area (Å²) in [7, 11) is 0. The summed E-state index contributed by atoms with van der Waals surface area (Å²) in [5.41, 5.74) is 4.59. The van der Waals surface area contributed by atoms with Gasteiger partial charge in [0.2, 0.25) is 0 Å². The Bertz CT molecular complexity index is 1430. The van der Waals surface area contributed by atoms with E-state index in [1.807, 2.05) is 48.6 Å². The number of carbonyl (C=O) groups excluding carboxylic acids is 1. The van der Waals surface area contributed by atoms with Crippen LogP contribution in [-0.2, 0) is 0 Å². The number of aromatic hydroxyl groups is 1. The van der Waals surface area contributed by atoms with Crippen molar-refractivity contribution in [3.05, 3.63) is 111 Å². The number of para-hydroxylation sites is 1. The molecule has 0 spiro atoms. The van der Waals surface area contributed by atoms with Crippen LogP contribution in [-0.4, -0.2) is 23.8 Å². The van der Waals surface area contributed by atoms with Crippen molar-refractivity contribution in [3.63, 3.8) is 0 Å². The number of fused-ring (bicyclic) bond motifs is 1. The van der Waals surface area contributed by atoms with Crippen LogP contribution in [0, 0.1) is 0 Å². The number of phenols is 1. The van der Waals surface area contributed by atoms with E-state index in [9.17, 15) is 9.90 Å². The summed E-state index contributed by atoms with van der Waals surface area (Å²) in [5.74, 6) is -0.0780. The molecule has 0 aliphatic heterocycles. The molecule has 1 amide bonds. The van der Waals surface area contributed by atoms with Crippen LogP contribution in [0.15, 0.2) is 84.0 Å². The molecule has 2 N–H and O–H groups in total. The maximum Gasteiger partial charge on any atom is 0.271 e. The van der Waals surface area contributed by atoms with E-state index in [2.05, 4.69) is 10.5 Å². The molecule has 0 saturated carbocycles. The summed E-state index contributed by atoms with van der Waals surface area (Å²) < 4.78 is 5.72. The third-order valence-electron chi connectivity index (χ3n) is 5.11. The first-order chi connectivity index (χ1) is 16.9. The van der Waals surface area contributed by atoms with Gasteiger partial charge in [-0.3, -0.25) is 4.79 Å². The Labute approximate surface area is 217 Å². The zero-order valence-electron chi connectivity index (χ0n) is 18.2. The van der Waals surface area contributed by atoms with Crippen LogP contribution >= 0.6 is 34.8 Å². The standard InChI is InChI=1S/C27H19Cl3N2O3/c28-22-8-3-9-23(29)26(22)35-14-4-5-17-10-11-19(21-7-2-1-6-20(17)21)16-31-32-27(34)18-12-13-25(33)24(30)15-18/h1-13,15-16,33H,14H2,(H,32,34). The molecule has 0 fully saturated rings. The maximum atomic E-state index is 12.3. The van der Waals surface area contributed by atoms with Crippen molar-refractivity contribution in [1.82, 2.24) is 5.43 Å². The molecule has 4 aromatic rings. The number of nitrogens with one attached hydrogen (secondary N) is 1. The van der Waals surface area contributed by atoms with E-state index in [1.165, 1.54) is 18.2 Å². The lowest BCUT2D eigenvalue weighted by molar-refractivity contribution is 0.0955. The normalized spacial score (nSPS) is 11.4. The average Bonchev–Trinajstić information content (AvgIpc) is 2.85. The highest BCUT2D eigenvalue weighted by atomic mass is 35.5. The summed E-state index contributed by atoms with van der Waals surface area (Å²) in [6.45, 7) is 0.300. The first-order valence-corrected chi connectivity index (χ1v) is 11.6. The predicted molar refractivity (Wildman–Crippen MR) is 143 cm³/mol. The van der Waals surface area contributed by atoms with Gasteiger partial charge in [-0.1, -0.05) is 83.3 Å². The van der Waals surface area contributed by atoms with Crippen molar-refractivity contribution in [1.29, 1.82) is 0 Å². The van der Waals surface area contributed by atoms with E-state index >= 15 is 0 Å². The third-order valence-corrected chi connectivity index (χ3v) is 6.01. The molecule has 0 bridgehead atoms. The molecule has 0 aliphatic rings. The van der Waals surface area contributed by atoms with E-state index in [1.54, 1.807) is 24.4 Å². The number of halogens is 3. The van der Waals surface area contributed by atoms with Gasteiger partial charge in [0.05, 0.1) is 21.3 Å². The van der Waals surface area contributed by atoms with Gasteiger partial charge >= 0.3 is 0 Å². The molecule has 8 heteroatoms. The van der Waals surface area contributed by atoms with Crippen molar-refractivity contribution in [2.75, 3.05) is 6.61 Å². The fraction of sp³-hybridized carbons (Fsp3) is 0.0370. The Morgan fingerprint density at radius 1 is 0.886 bits per heavy atom. The van der Waals surface area contributed by atoms with Crippen molar-refractivity contribution in [2.45, 2.75) is 0 Å². The van der Waals surface area contributed by atoms with Crippen LogP contribution in [0.5, 0.6) is 11.5 Å². The monoisotopic (exact) mass is 524 g/mol. The van der Waals surface area contributed by atoms with Crippen molar-refractivity contribution in [2.24, 2.45) is 5.10 Å². The van der Waals surface area contributed by atoms with Gasteiger partial charge in [0.1, 0.15) is 12.4 Å². The number of nitrogens with zero attached hydrogens (tertiary/aromatic N) is 1. The molecule has 0 heterocycles. The van der Waals surface area contributed by atoms with Gasteiger partial charge in [0, 0.05) is 11.1 Å². The first-order valence-electron chi connectivity index (χ1n) is 10.5. The number of hydrogen-bond acceptors (Lipinski definition) is 4. The van der Waals surface area contributed by atoms with Crippen molar-refractivity contribution in [3.8, 4) is 11.5 Å². The van der Waals surface area contributed by atoms with E-state index in [0.717, 1.165) is 21.9 Å². The highest BCUT2D eigenvalue weighted by Crippen LogP contribution is 2.32. The van der Waals surface area contributed by atoms with E-state index in [4.69, 9.17) is 39.5 Å². The zero-order chi connectivity index (χ0) is 24.8. The lowest BCUT2D eigenvalue weighted by Gasteiger charge is -2.08. The number of amides is 1. The second kappa shape index (κ2) is 11.3. The van der Waals surface area contributed by atoms with Crippen LogP contribution in [0.2, 0.25) is 15.1 Å². The van der Waals surface area contributed by atoms with Gasteiger partial charge in [-0.15, -0.1) is 0 Å². The SMILES string of the molecule is O=C(NN=Cc1ccc(C=CCOc2c(Cl)cccc2Cl)c2ccccc12)c1ccc(O)c(Cl)c1. The summed E-state index contributed by atoms with van der Waals surface area (Å²) in [4.78, 5) is 12.3. The van der Waals surface area contributed by atoms with Gasteiger partial charge < -0.3 is 9.84 Å². The molecule has 0 radical (unpaired) electrons. The fourth-order valence-corrected chi connectivity index (χ4v) is 4.09. The molecular weight excluding hydrogens is 507 g/mol. The van der Waals surface area contributed by atoms with Crippen LogP contribution in [0.3, 0.4) is 0 Å². The van der Waals surface area contributed by atoms with Crippen LogP contribution in [0.25, 0.3) is 16.8 Å². The number of ether oxygens (including phenoxy) is 1. The number of hydrogen-bond donors (Lipinski definition) is 2. The number of benzene rings is 4. The van der Waals surface area contributed by atoms with Crippen molar-refractivity contribution < 1.29 is 14.6 Å². The third kappa shape index (κ3) is 5.95. The molecule has 0 saturated heterocycles. The number of hydrazone groups is 1. The molecule has 4 rings (SSSR count). The first kappa shape index (κ1) is 24.6.